The van der Waals surface area contributed by atoms with Gasteiger partial charge in [0.1, 0.15) is 0 Å². The zero-order chi connectivity index (χ0) is 15.5. The number of aliphatic hydroxyl groups is 1. The van der Waals surface area contributed by atoms with Crippen molar-refractivity contribution in [2.45, 2.75) is 36.7 Å². The number of likely N-dealkylation sites (tertiary alicyclic amines) is 1. The maximum absolute atomic E-state index is 12.3. The topological polar surface area (TPSA) is 57.6 Å². The Morgan fingerprint density at radius 1 is 1.24 bits per heavy atom. The Labute approximate surface area is 135 Å². The normalized spacial score (nSPS) is 24.7. The minimum Gasteiger partial charge on any atom is -0.390 e. The second kappa shape index (κ2) is 6.77. The summed E-state index contributed by atoms with van der Waals surface area (Å²) in [6.45, 7) is 3.98. The molecule has 4 nitrogen and oxygen atoms in total. The molecule has 0 spiro atoms. The minimum atomic E-state index is -3.24. The van der Waals surface area contributed by atoms with E-state index in [0.29, 0.717) is 17.9 Å². The van der Waals surface area contributed by atoms with Crippen molar-refractivity contribution in [3.05, 3.63) is 28.7 Å². The van der Waals surface area contributed by atoms with E-state index in [9.17, 15) is 13.5 Å². The van der Waals surface area contributed by atoms with E-state index in [1.54, 1.807) is 24.3 Å². The first kappa shape index (κ1) is 16.9. The SMILES string of the molecule is CC1(O)CCCN(CCS(=O)(=O)c2ccc(Br)cc2)CC1. The fraction of sp³-hybridized carbons (Fsp3) is 0.600. The standard InChI is InChI=1S/C15H22BrNO3S/c1-15(18)7-2-9-17(10-8-15)11-12-21(19,20)14-5-3-13(16)4-6-14/h3-6,18H,2,7-12H2,1H3. The van der Waals surface area contributed by atoms with Crippen molar-refractivity contribution in [3.63, 3.8) is 0 Å². The van der Waals surface area contributed by atoms with E-state index in [0.717, 1.165) is 30.4 Å². The van der Waals surface area contributed by atoms with Crippen molar-refractivity contribution in [3.8, 4) is 0 Å². The van der Waals surface area contributed by atoms with Crippen molar-refractivity contribution < 1.29 is 13.5 Å². The predicted octanol–water partition coefficient (Wildman–Crippen LogP) is 2.46. The van der Waals surface area contributed by atoms with Gasteiger partial charge in [-0.25, -0.2) is 8.42 Å². The molecule has 1 atom stereocenters. The van der Waals surface area contributed by atoms with E-state index in [1.807, 2.05) is 6.92 Å². The minimum absolute atomic E-state index is 0.122. The van der Waals surface area contributed by atoms with Crippen LogP contribution in [0.4, 0.5) is 0 Å². The van der Waals surface area contributed by atoms with Crippen LogP contribution in [0.15, 0.2) is 33.6 Å². The molecule has 1 heterocycles. The van der Waals surface area contributed by atoms with Gasteiger partial charge in [-0.1, -0.05) is 15.9 Å². The Bertz CT molecular complexity index is 569. The van der Waals surface area contributed by atoms with Crippen molar-refractivity contribution in [1.29, 1.82) is 0 Å². The van der Waals surface area contributed by atoms with Crippen LogP contribution in [0.3, 0.4) is 0 Å². The van der Waals surface area contributed by atoms with Crippen LogP contribution in [0.25, 0.3) is 0 Å². The second-order valence-electron chi connectivity index (χ2n) is 5.96. The summed E-state index contributed by atoms with van der Waals surface area (Å²) >= 11 is 3.31. The van der Waals surface area contributed by atoms with Crippen LogP contribution in [0, 0.1) is 0 Å². The number of halogens is 1. The second-order valence-corrected chi connectivity index (χ2v) is 8.99. The summed E-state index contributed by atoms with van der Waals surface area (Å²) in [7, 11) is -3.24. The Balaban J connectivity index is 1.94. The summed E-state index contributed by atoms with van der Waals surface area (Å²) < 4.78 is 25.5. The van der Waals surface area contributed by atoms with E-state index in [-0.39, 0.29) is 5.75 Å². The summed E-state index contributed by atoms with van der Waals surface area (Å²) in [5.74, 6) is 0.122. The maximum atomic E-state index is 12.3. The molecule has 0 radical (unpaired) electrons. The van der Waals surface area contributed by atoms with E-state index >= 15 is 0 Å². The molecule has 1 unspecified atom stereocenters. The lowest BCUT2D eigenvalue weighted by Crippen LogP contribution is -2.32. The lowest BCUT2D eigenvalue weighted by atomic mass is 9.98. The monoisotopic (exact) mass is 375 g/mol. The molecule has 1 aliphatic heterocycles. The Hall–Kier alpha value is -0.430. The third-order valence-electron chi connectivity index (χ3n) is 4.01. The highest BCUT2D eigenvalue weighted by atomic mass is 79.9. The number of rotatable bonds is 4. The summed E-state index contributed by atoms with van der Waals surface area (Å²) in [6.07, 6.45) is 2.39. The fourth-order valence-corrected chi connectivity index (χ4v) is 4.10. The number of sulfone groups is 1. The highest BCUT2D eigenvalue weighted by Crippen LogP contribution is 2.22. The quantitative estimate of drug-likeness (QED) is 0.877. The molecule has 1 N–H and O–H groups in total. The summed E-state index contributed by atoms with van der Waals surface area (Å²) in [4.78, 5) is 2.50. The zero-order valence-electron chi connectivity index (χ0n) is 12.3. The predicted molar refractivity (Wildman–Crippen MR) is 87.1 cm³/mol. The molecule has 118 valence electrons. The molecule has 0 aliphatic carbocycles. The van der Waals surface area contributed by atoms with Gasteiger partial charge in [0.05, 0.1) is 16.2 Å². The third kappa shape index (κ3) is 5.06. The van der Waals surface area contributed by atoms with Gasteiger partial charge in [-0.15, -0.1) is 0 Å². The highest BCUT2D eigenvalue weighted by Gasteiger charge is 2.25. The van der Waals surface area contributed by atoms with Gasteiger partial charge in [-0.2, -0.15) is 0 Å². The molecular weight excluding hydrogens is 354 g/mol. The molecule has 2 rings (SSSR count). The van der Waals surface area contributed by atoms with Gasteiger partial charge in [-0.3, -0.25) is 0 Å². The summed E-state index contributed by atoms with van der Waals surface area (Å²) in [5.41, 5.74) is -0.612. The first-order valence-electron chi connectivity index (χ1n) is 7.22. The number of hydrogen-bond acceptors (Lipinski definition) is 4. The molecule has 1 saturated heterocycles. The Kier molecular flexibility index (Phi) is 5.46. The first-order valence-corrected chi connectivity index (χ1v) is 9.66. The average molecular weight is 376 g/mol. The van der Waals surface area contributed by atoms with Crippen LogP contribution >= 0.6 is 15.9 Å². The highest BCUT2D eigenvalue weighted by molar-refractivity contribution is 9.10. The van der Waals surface area contributed by atoms with Crippen LogP contribution < -0.4 is 0 Å². The van der Waals surface area contributed by atoms with E-state index in [2.05, 4.69) is 20.8 Å². The molecule has 1 aliphatic rings. The zero-order valence-corrected chi connectivity index (χ0v) is 14.7. The molecule has 0 amide bonds. The molecule has 0 bridgehead atoms. The van der Waals surface area contributed by atoms with Crippen molar-refractivity contribution >= 4 is 25.8 Å². The van der Waals surface area contributed by atoms with E-state index < -0.39 is 15.4 Å². The molecular formula is C15H22BrNO3S. The largest absolute Gasteiger partial charge is 0.390 e. The van der Waals surface area contributed by atoms with Gasteiger partial charge < -0.3 is 10.0 Å². The third-order valence-corrected chi connectivity index (χ3v) is 6.24. The summed E-state index contributed by atoms with van der Waals surface area (Å²) in [6, 6.07) is 6.76. The lowest BCUT2D eigenvalue weighted by molar-refractivity contribution is 0.0448. The average Bonchev–Trinajstić information content (AvgIpc) is 2.58. The van der Waals surface area contributed by atoms with Gasteiger partial charge in [0.15, 0.2) is 9.84 Å². The van der Waals surface area contributed by atoms with Crippen LogP contribution in [0.5, 0.6) is 0 Å². The smallest absolute Gasteiger partial charge is 0.179 e. The molecule has 0 saturated carbocycles. The van der Waals surface area contributed by atoms with Crippen LogP contribution in [0.1, 0.15) is 26.2 Å². The Morgan fingerprint density at radius 2 is 1.90 bits per heavy atom. The molecule has 0 aromatic heterocycles. The fourth-order valence-electron chi connectivity index (χ4n) is 2.55. The van der Waals surface area contributed by atoms with Crippen molar-refractivity contribution in [1.82, 2.24) is 4.90 Å². The Morgan fingerprint density at radius 3 is 2.57 bits per heavy atom. The van der Waals surface area contributed by atoms with Crippen molar-refractivity contribution in [2.24, 2.45) is 0 Å². The van der Waals surface area contributed by atoms with Crippen molar-refractivity contribution in [2.75, 3.05) is 25.4 Å². The molecule has 1 aromatic carbocycles. The number of benzene rings is 1. The lowest BCUT2D eigenvalue weighted by Gasteiger charge is -2.22. The molecule has 6 heteroatoms. The molecule has 21 heavy (non-hydrogen) atoms. The maximum Gasteiger partial charge on any atom is 0.179 e. The van der Waals surface area contributed by atoms with Gasteiger partial charge in [0, 0.05) is 17.6 Å². The first-order chi connectivity index (χ1) is 9.78. The van der Waals surface area contributed by atoms with Crippen LogP contribution in [-0.4, -0.2) is 49.4 Å². The van der Waals surface area contributed by atoms with E-state index in [1.165, 1.54) is 0 Å². The van der Waals surface area contributed by atoms with Gasteiger partial charge in [0.2, 0.25) is 0 Å². The molecule has 1 fully saturated rings. The number of nitrogens with zero attached hydrogens (tertiary/aromatic N) is 1. The van der Waals surface area contributed by atoms with Gasteiger partial charge in [-0.05, 0) is 57.0 Å². The van der Waals surface area contributed by atoms with E-state index in [4.69, 9.17) is 0 Å². The number of hydrogen-bond donors (Lipinski definition) is 1. The van der Waals surface area contributed by atoms with Gasteiger partial charge >= 0.3 is 0 Å². The van der Waals surface area contributed by atoms with Crippen LogP contribution in [-0.2, 0) is 9.84 Å². The molecule has 1 aromatic rings. The summed E-state index contributed by atoms with van der Waals surface area (Å²) in [5, 5.41) is 10.1. The van der Waals surface area contributed by atoms with Crippen LogP contribution in [0.2, 0.25) is 0 Å². The van der Waals surface area contributed by atoms with Gasteiger partial charge in [0.25, 0.3) is 0 Å².